The Bertz CT molecular complexity index is 1090. The van der Waals surface area contributed by atoms with Crippen LogP contribution in [-0.4, -0.2) is 48.4 Å². The van der Waals surface area contributed by atoms with Crippen LogP contribution in [0.1, 0.15) is 5.56 Å². The average molecular weight is 422 g/mol. The summed E-state index contributed by atoms with van der Waals surface area (Å²) < 4.78 is 27.4. The highest BCUT2D eigenvalue weighted by Gasteiger charge is 2.22. The zero-order valence-electron chi connectivity index (χ0n) is 15.1. The Hall–Kier alpha value is -2.55. The zero-order chi connectivity index (χ0) is 20.3. The lowest BCUT2D eigenvalue weighted by Crippen LogP contribution is -2.38. The molecule has 0 amide bonds. The monoisotopic (exact) mass is 421 g/mol. The van der Waals surface area contributed by atoms with Crippen molar-refractivity contribution in [3.8, 4) is 0 Å². The Morgan fingerprint density at radius 3 is 2.54 bits per heavy atom. The summed E-state index contributed by atoms with van der Waals surface area (Å²) in [7, 11) is -3.60. The summed E-state index contributed by atoms with van der Waals surface area (Å²) in [5.41, 5.74) is 1.97. The summed E-state index contributed by atoms with van der Waals surface area (Å²) in [6.45, 7) is 0.0514. The van der Waals surface area contributed by atoms with Crippen LogP contribution in [0.3, 0.4) is 0 Å². The molecule has 0 saturated carbocycles. The number of nitrogens with zero attached hydrogens (tertiary/aromatic N) is 3. The van der Waals surface area contributed by atoms with Gasteiger partial charge in [0.1, 0.15) is 0 Å². The molecule has 1 heterocycles. The van der Waals surface area contributed by atoms with Crippen LogP contribution in [0.25, 0.3) is 10.9 Å². The van der Waals surface area contributed by atoms with Crippen molar-refractivity contribution in [3.63, 3.8) is 0 Å². The molecule has 1 aromatic heterocycles. The van der Waals surface area contributed by atoms with Crippen molar-refractivity contribution in [1.82, 2.24) is 4.57 Å². The number of hydrogen-bond acceptors (Lipinski definition) is 5. The third kappa shape index (κ3) is 4.46. The van der Waals surface area contributed by atoms with Crippen LogP contribution >= 0.6 is 11.6 Å². The van der Waals surface area contributed by atoms with Gasteiger partial charge in [0.15, 0.2) is 0 Å². The standard InChI is InChI=1S/C19H20ClN3O4S/c1-28(26,27)23(16-8-6-15(20)7-9-16)13-17(24)12-22-11-14(10-21-25)18-4-2-3-5-19(18)22/h2-11,17,24-25H,12-13H2,1H3/b21-10-/t17-/m0/s1. The molecule has 3 rings (SSSR count). The lowest BCUT2D eigenvalue weighted by Gasteiger charge is -2.25. The predicted octanol–water partition coefficient (Wildman–Crippen LogP) is 2.93. The van der Waals surface area contributed by atoms with Gasteiger partial charge in [0.25, 0.3) is 0 Å². The van der Waals surface area contributed by atoms with E-state index in [1.807, 2.05) is 24.3 Å². The highest BCUT2D eigenvalue weighted by Crippen LogP contribution is 2.23. The second kappa shape index (κ2) is 8.22. The van der Waals surface area contributed by atoms with Crippen LogP contribution in [-0.2, 0) is 16.6 Å². The summed E-state index contributed by atoms with van der Waals surface area (Å²) >= 11 is 5.88. The van der Waals surface area contributed by atoms with Crippen molar-refractivity contribution in [2.24, 2.45) is 5.16 Å². The van der Waals surface area contributed by atoms with Gasteiger partial charge in [0.2, 0.25) is 10.0 Å². The molecule has 28 heavy (non-hydrogen) atoms. The average Bonchev–Trinajstić information content (AvgIpc) is 2.98. The minimum Gasteiger partial charge on any atom is -0.411 e. The number of benzene rings is 2. The lowest BCUT2D eigenvalue weighted by atomic mass is 10.2. The molecule has 0 spiro atoms. The number of rotatable bonds is 7. The highest BCUT2D eigenvalue weighted by molar-refractivity contribution is 7.92. The molecular weight excluding hydrogens is 402 g/mol. The van der Waals surface area contributed by atoms with E-state index in [0.29, 0.717) is 16.3 Å². The van der Waals surface area contributed by atoms with Gasteiger partial charge < -0.3 is 14.9 Å². The lowest BCUT2D eigenvalue weighted by molar-refractivity contribution is 0.164. The van der Waals surface area contributed by atoms with Gasteiger partial charge in [-0.15, -0.1) is 0 Å². The van der Waals surface area contributed by atoms with E-state index < -0.39 is 16.1 Å². The second-order valence-corrected chi connectivity index (χ2v) is 8.77. The number of halogens is 1. The molecule has 7 nitrogen and oxygen atoms in total. The highest BCUT2D eigenvalue weighted by atomic mass is 35.5. The largest absolute Gasteiger partial charge is 0.411 e. The zero-order valence-corrected chi connectivity index (χ0v) is 16.7. The van der Waals surface area contributed by atoms with E-state index in [2.05, 4.69) is 5.16 Å². The number of oxime groups is 1. The van der Waals surface area contributed by atoms with Gasteiger partial charge in [-0.25, -0.2) is 8.42 Å². The van der Waals surface area contributed by atoms with E-state index in [1.165, 1.54) is 6.21 Å². The Labute approximate surface area is 168 Å². The molecule has 0 saturated heterocycles. The van der Waals surface area contributed by atoms with Crippen LogP contribution in [0.2, 0.25) is 5.02 Å². The molecule has 2 N–H and O–H groups in total. The first-order valence-electron chi connectivity index (χ1n) is 8.46. The number of hydrogen-bond donors (Lipinski definition) is 2. The molecule has 3 aromatic rings. The first-order valence-corrected chi connectivity index (χ1v) is 10.7. The number of aliphatic hydroxyl groups excluding tert-OH is 1. The van der Waals surface area contributed by atoms with Crippen LogP contribution in [0.15, 0.2) is 59.9 Å². The Kier molecular flexibility index (Phi) is 5.93. The van der Waals surface area contributed by atoms with Crippen molar-refractivity contribution in [3.05, 3.63) is 65.3 Å². The topological polar surface area (TPSA) is 95.1 Å². The summed E-state index contributed by atoms with van der Waals surface area (Å²) in [4.78, 5) is 0. The first-order chi connectivity index (χ1) is 13.3. The maximum absolute atomic E-state index is 12.2. The molecule has 0 bridgehead atoms. The van der Waals surface area contributed by atoms with Gasteiger partial charge in [0, 0.05) is 27.7 Å². The van der Waals surface area contributed by atoms with E-state index in [9.17, 15) is 13.5 Å². The second-order valence-electron chi connectivity index (χ2n) is 6.42. The molecule has 0 aliphatic carbocycles. The van der Waals surface area contributed by atoms with Crippen molar-refractivity contribution < 1.29 is 18.7 Å². The van der Waals surface area contributed by atoms with Crippen LogP contribution in [0.5, 0.6) is 0 Å². The quantitative estimate of drug-likeness (QED) is 0.348. The Balaban J connectivity index is 1.87. The molecule has 2 aromatic carbocycles. The number of anilines is 1. The predicted molar refractivity (Wildman–Crippen MR) is 111 cm³/mol. The molecule has 0 fully saturated rings. The van der Waals surface area contributed by atoms with Crippen LogP contribution < -0.4 is 4.31 Å². The van der Waals surface area contributed by atoms with Crippen LogP contribution in [0, 0.1) is 0 Å². The van der Waals surface area contributed by atoms with Crippen LogP contribution in [0.4, 0.5) is 5.69 Å². The van der Waals surface area contributed by atoms with E-state index in [1.54, 1.807) is 35.0 Å². The molecule has 0 aliphatic rings. The third-order valence-electron chi connectivity index (χ3n) is 4.32. The van der Waals surface area contributed by atoms with Crippen molar-refractivity contribution in [2.75, 3.05) is 17.1 Å². The molecule has 1 atom stereocenters. The SMILES string of the molecule is CS(=O)(=O)N(C[C@@H](O)Cn1cc(/C=N\O)c2ccccc21)c1ccc(Cl)cc1. The minimum atomic E-state index is -3.60. The molecule has 0 aliphatic heterocycles. The normalized spacial score (nSPS) is 13.2. The summed E-state index contributed by atoms with van der Waals surface area (Å²) in [6.07, 6.45) is 3.19. The summed E-state index contributed by atoms with van der Waals surface area (Å²) in [6, 6.07) is 13.9. The van der Waals surface area contributed by atoms with Gasteiger partial charge in [-0.3, -0.25) is 4.31 Å². The summed E-state index contributed by atoms with van der Waals surface area (Å²) in [5, 5.41) is 23.9. The minimum absolute atomic E-state index is 0.115. The molecule has 9 heteroatoms. The number of para-hydroxylation sites is 1. The van der Waals surface area contributed by atoms with Crippen molar-refractivity contribution in [1.29, 1.82) is 0 Å². The Morgan fingerprint density at radius 1 is 1.21 bits per heavy atom. The fourth-order valence-electron chi connectivity index (χ4n) is 3.11. The van der Waals surface area contributed by atoms with E-state index in [4.69, 9.17) is 16.8 Å². The summed E-state index contributed by atoms with van der Waals surface area (Å²) in [5.74, 6) is 0. The third-order valence-corrected chi connectivity index (χ3v) is 5.73. The maximum Gasteiger partial charge on any atom is 0.232 e. The van der Waals surface area contributed by atoms with Gasteiger partial charge in [-0.1, -0.05) is 35.0 Å². The first kappa shape index (κ1) is 20.2. The van der Waals surface area contributed by atoms with E-state index in [-0.39, 0.29) is 13.1 Å². The molecule has 148 valence electrons. The molecule has 0 radical (unpaired) electrons. The van der Waals surface area contributed by atoms with Gasteiger partial charge in [-0.05, 0) is 30.3 Å². The van der Waals surface area contributed by atoms with Gasteiger partial charge in [-0.2, -0.15) is 0 Å². The number of aromatic nitrogens is 1. The number of aliphatic hydroxyl groups is 1. The van der Waals surface area contributed by atoms with Crippen molar-refractivity contribution in [2.45, 2.75) is 12.6 Å². The van der Waals surface area contributed by atoms with Gasteiger partial charge in [0.05, 0.1) is 37.4 Å². The maximum atomic E-state index is 12.2. The van der Waals surface area contributed by atoms with E-state index in [0.717, 1.165) is 21.5 Å². The fraction of sp³-hybridized carbons (Fsp3) is 0.211. The Morgan fingerprint density at radius 2 is 1.89 bits per heavy atom. The fourth-order valence-corrected chi connectivity index (χ4v) is 4.18. The van der Waals surface area contributed by atoms with Gasteiger partial charge >= 0.3 is 0 Å². The van der Waals surface area contributed by atoms with Crippen molar-refractivity contribution >= 4 is 44.4 Å². The number of fused-ring (bicyclic) bond motifs is 1. The smallest absolute Gasteiger partial charge is 0.232 e. The van der Waals surface area contributed by atoms with E-state index >= 15 is 0 Å². The molecule has 0 unspecified atom stereocenters. The molecular formula is C19H20ClN3O4S. The number of sulfonamides is 1.